The third-order valence-corrected chi connectivity index (χ3v) is 3.36. The van der Waals surface area contributed by atoms with Crippen LogP contribution in [-0.2, 0) is 9.53 Å². The van der Waals surface area contributed by atoms with Gasteiger partial charge in [0.05, 0.1) is 12.7 Å². The molecule has 0 aliphatic carbocycles. The lowest BCUT2D eigenvalue weighted by atomic mass is 9.94. The molecule has 1 saturated heterocycles. The molecule has 98 valence electrons. The number of methoxy groups -OCH3 is 1. The third kappa shape index (κ3) is 4.48. The second-order valence-electron chi connectivity index (χ2n) is 4.87. The molecule has 0 aromatic carbocycles. The van der Waals surface area contributed by atoms with E-state index in [0.29, 0.717) is 6.42 Å². The SMILES string of the molecule is CCC(=CCN1CCC(C)(O)CC1)C(=O)OC. The van der Waals surface area contributed by atoms with Gasteiger partial charge >= 0.3 is 5.97 Å². The zero-order valence-corrected chi connectivity index (χ0v) is 11.0. The molecule has 0 amide bonds. The first-order valence-corrected chi connectivity index (χ1v) is 6.20. The molecule has 0 radical (unpaired) electrons. The summed E-state index contributed by atoms with van der Waals surface area (Å²) < 4.78 is 4.71. The van der Waals surface area contributed by atoms with Crippen molar-refractivity contribution in [2.75, 3.05) is 26.7 Å². The first-order chi connectivity index (χ1) is 7.98. The van der Waals surface area contributed by atoms with Gasteiger partial charge in [0, 0.05) is 25.2 Å². The quantitative estimate of drug-likeness (QED) is 0.596. The van der Waals surface area contributed by atoms with E-state index >= 15 is 0 Å². The molecule has 1 aliphatic rings. The summed E-state index contributed by atoms with van der Waals surface area (Å²) >= 11 is 0. The first-order valence-electron chi connectivity index (χ1n) is 6.20. The van der Waals surface area contributed by atoms with E-state index in [1.807, 2.05) is 19.9 Å². The van der Waals surface area contributed by atoms with Crippen molar-refractivity contribution in [2.45, 2.75) is 38.7 Å². The average Bonchev–Trinajstić information content (AvgIpc) is 2.31. The number of ether oxygens (including phenoxy) is 1. The Morgan fingerprint density at radius 3 is 2.53 bits per heavy atom. The van der Waals surface area contributed by atoms with Crippen molar-refractivity contribution in [2.24, 2.45) is 0 Å². The maximum atomic E-state index is 11.4. The van der Waals surface area contributed by atoms with Gasteiger partial charge in [-0.2, -0.15) is 0 Å². The molecule has 0 bridgehead atoms. The summed E-state index contributed by atoms with van der Waals surface area (Å²) in [5, 5.41) is 9.83. The number of aliphatic hydroxyl groups is 1. The highest BCUT2D eigenvalue weighted by atomic mass is 16.5. The van der Waals surface area contributed by atoms with Crippen molar-refractivity contribution < 1.29 is 14.6 Å². The smallest absolute Gasteiger partial charge is 0.333 e. The molecule has 0 aromatic rings. The van der Waals surface area contributed by atoms with Gasteiger partial charge in [-0.25, -0.2) is 4.79 Å². The van der Waals surface area contributed by atoms with Gasteiger partial charge in [-0.3, -0.25) is 4.90 Å². The Labute approximate surface area is 103 Å². The van der Waals surface area contributed by atoms with E-state index in [9.17, 15) is 9.90 Å². The van der Waals surface area contributed by atoms with Crippen LogP contribution in [0.2, 0.25) is 0 Å². The average molecular weight is 241 g/mol. The van der Waals surface area contributed by atoms with Crippen LogP contribution in [0, 0.1) is 0 Å². The molecule has 17 heavy (non-hydrogen) atoms. The van der Waals surface area contributed by atoms with Crippen molar-refractivity contribution >= 4 is 5.97 Å². The molecule has 0 saturated carbocycles. The van der Waals surface area contributed by atoms with Crippen molar-refractivity contribution in [1.29, 1.82) is 0 Å². The molecule has 1 N–H and O–H groups in total. The zero-order valence-electron chi connectivity index (χ0n) is 11.0. The van der Waals surface area contributed by atoms with E-state index < -0.39 is 5.60 Å². The minimum atomic E-state index is -0.518. The Hall–Kier alpha value is -0.870. The van der Waals surface area contributed by atoms with Gasteiger partial charge in [0.15, 0.2) is 0 Å². The predicted molar refractivity (Wildman–Crippen MR) is 66.7 cm³/mol. The summed E-state index contributed by atoms with van der Waals surface area (Å²) in [6.45, 7) is 6.34. The second-order valence-corrected chi connectivity index (χ2v) is 4.87. The number of hydrogen-bond donors (Lipinski definition) is 1. The summed E-state index contributed by atoms with van der Waals surface area (Å²) in [5.74, 6) is -0.239. The van der Waals surface area contributed by atoms with Crippen LogP contribution in [-0.4, -0.2) is 48.3 Å². The van der Waals surface area contributed by atoms with E-state index in [0.717, 1.165) is 38.0 Å². The van der Waals surface area contributed by atoms with Gasteiger partial charge in [-0.1, -0.05) is 13.0 Å². The number of nitrogens with zero attached hydrogens (tertiary/aromatic N) is 1. The molecular weight excluding hydrogens is 218 g/mol. The summed E-state index contributed by atoms with van der Waals surface area (Å²) in [6.07, 6.45) is 4.21. The van der Waals surface area contributed by atoms with Crippen molar-refractivity contribution in [3.8, 4) is 0 Å². The fourth-order valence-electron chi connectivity index (χ4n) is 1.96. The van der Waals surface area contributed by atoms with E-state index in [1.54, 1.807) is 0 Å². The lowest BCUT2D eigenvalue weighted by molar-refractivity contribution is -0.136. The van der Waals surface area contributed by atoms with Crippen LogP contribution in [0.15, 0.2) is 11.6 Å². The largest absolute Gasteiger partial charge is 0.466 e. The number of carbonyl (C=O) groups excluding carboxylic acids is 1. The number of piperidine rings is 1. The zero-order chi connectivity index (χ0) is 12.9. The molecule has 0 aromatic heterocycles. The Morgan fingerprint density at radius 1 is 1.47 bits per heavy atom. The minimum absolute atomic E-state index is 0.239. The van der Waals surface area contributed by atoms with Crippen molar-refractivity contribution in [3.05, 3.63) is 11.6 Å². The van der Waals surface area contributed by atoms with Gasteiger partial charge in [0.2, 0.25) is 0 Å². The maximum Gasteiger partial charge on any atom is 0.333 e. The fourth-order valence-corrected chi connectivity index (χ4v) is 1.96. The van der Waals surface area contributed by atoms with Gasteiger partial charge < -0.3 is 9.84 Å². The van der Waals surface area contributed by atoms with E-state index in [2.05, 4.69) is 4.90 Å². The number of esters is 1. The maximum absolute atomic E-state index is 11.4. The van der Waals surface area contributed by atoms with Gasteiger partial charge in [-0.05, 0) is 26.2 Å². The van der Waals surface area contributed by atoms with Crippen LogP contribution in [0.3, 0.4) is 0 Å². The van der Waals surface area contributed by atoms with Gasteiger partial charge in [0.25, 0.3) is 0 Å². The number of hydrogen-bond acceptors (Lipinski definition) is 4. The Kier molecular flexibility index (Phi) is 5.15. The monoisotopic (exact) mass is 241 g/mol. The standard InChI is InChI=1S/C13H23NO3/c1-4-11(12(15)17-3)5-8-14-9-6-13(2,16)7-10-14/h5,16H,4,6-10H2,1-3H3. The van der Waals surface area contributed by atoms with E-state index in [4.69, 9.17) is 4.74 Å². The second kappa shape index (κ2) is 6.17. The highest BCUT2D eigenvalue weighted by molar-refractivity contribution is 5.88. The molecular formula is C13H23NO3. The van der Waals surface area contributed by atoms with Crippen LogP contribution in [0.1, 0.15) is 33.1 Å². The molecule has 4 nitrogen and oxygen atoms in total. The van der Waals surface area contributed by atoms with Crippen LogP contribution < -0.4 is 0 Å². The van der Waals surface area contributed by atoms with Crippen molar-refractivity contribution in [3.63, 3.8) is 0 Å². The summed E-state index contributed by atoms with van der Waals surface area (Å²) in [6, 6.07) is 0. The Balaban J connectivity index is 2.45. The lowest BCUT2D eigenvalue weighted by Crippen LogP contribution is -2.42. The lowest BCUT2D eigenvalue weighted by Gasteiger charge is -2.35. The van der Waals surface area contributed by atoms with Crippen LogP contribution in [0.5, 0.6) is 0 Å². The van der Waals surface area contributed by atoms with Crippen molar-refractivity contribution in [1.82, 2.24) is 4.90 Å². The van der Waals surface area contributed by atoms with Crippen LogP contribution >= 0.6 is 0 Å². The molecule has 1 aliphatic heterocycles. The normalized spacial score (nSPS) is 21.3. The minimum Gasteiger partial charge on any atom is -0.466 e. The van der Waals surface area contributed by atoms with Crippen LogP contribution in [0.25, 0.3) is 0 Å². The molecule has 0 unspecified atom stereocenters. The predicted octanol–water partition coefficient (Wildman–Crippen LogP) is 1.34. The summed E-state index contributed by atoms with van der Waals surface area (Å²) in [4.78, 5) is 13.6. The van der Waals surface area contributed by atoms with E-state index in [-0.39, 0.29) is 5.97 Å². The molecule has 4 heteroatoms. The summed E-state index contributed by atoms with van der Waals surface area (Å²) in [5.41, 5.74) is 0.209. The third-order valence-electron chi connectivity index (χ3n) is 3.36. The summed E-state index contributed by atoms with van der Waals surface area (Å²) in [7, 11) is 1.41. The molecule has 1 rings (SSSR count). The number of carbonyl (C=O) groups is 1. The van der Waals surface area contributed by atoms with Gasteiger partial charge in [0.1, 0.15) is 0 Å². The first kappa shape index (κ1) is 14.2. The number of likely N-dealkylation sites (tertiary alicyclic amines) is 1. The molecule has 0 spiro atoms. The number of rotatable bonds is 4. The van der Waals surface area contributed by atoms with Crippen LogP contribution in [0.4, 0.5) is 0 Å². The molecule has 1 heterocycles. The highest BCUT2D eigenvalue weighted by Crippen LogP contribution is 2.21. The topological polar surface area (TPSA) is 49.8 Å². The Bertz CT molecular complexity index is 287. The van der Waals surface area contributed by atoms with E-state index in [1.165, 1.54) is 7.11 Å². The Morgan fingerprint density at radius 2 is 2.06 bits per heavy atom. The highest BCUT2D eigenvalue weighted by Gasteiger charge is 2.26. The fraction of sp³-hybridized carbons (Fsp3) is 0.769. The molecule has 1 fully saturated rings. The molecule has 0 atom stereocenters. The van der Waals surface area contributed by atoms with Gasteiger partial charge in [-0.15, -0.1) is 0 Å².